The largest absolute Gasteiger partial charge is 0.320 e. The van der Waals surface area contributed by atoms with Crippen molar-refractivity contribution in [2.45, 2.75) is 32.6 Å². The van der Waals surface area contributed by atoms with Crippen LogP contribution in [0.3, 0.4) is 0 Å². The molecule has 2 rings (SSSR count). The monoisotopic (exact) mass is 286 g/mol. The summed E-state index contributed by atoms with van der Waals surface area (Å²) in [4.78, 5) is 11.9. The van der Waals surface area contributed by atoms with E-state index in [1.165, 1.54) is 5.56 Å². The Balaban J connectivity index is 2.37. The second-order valence-corrected chi connectivity index (χ2v) is 6.02. The van der Waals surface area contributed by atoms with Gasteiger partial charge in [-0.2, -0.15) is 5.26 Å². The number of hydrogen-bond acceptors (Lipinski definition) is 3. The number of carbonyl (C=O) groups excluding carboxylic acids is 1. The van der Waals surface area contributed by atoms with Crippen LogP contribution < -0.4 is 5.32 Å². The number of carbonyl (C=O) groups is 1. The number of aryl methyl sites for hydroxylation is 1. The van der Waals surface area contributed by atoms with Crippen LogP contribution in [0.1, 0.15) is 36.8 Å². The normalized spacial score (nSPS) is 18.6. The van der Waals surface area contributed by atoms with Crippen LogP contribution in [0, 0.1) is 18.3 Å². The minimum atomic E-state index is -0.117. The highest BCUT2D eigenvalue weighted by atomic mass is 32.2. The van der Waals surface area contributed by atoms with Crippen LogP contribution in [-0.2, 0) is 4.79 Å². The zero-order valence-electron chi connectivity index (χ0n) is 11.8. The van der Waals surface area contributed by atoms with Gasteiger partial charge in [0.15, 0.2) is 0 Å². The highest BCUT2D eigenvalue weighted by Crippen LogP contribution is 2.35. The van der Waals surface area contributed by atoms with Crippen LogP contribution in [0.5, 0.6) is 0 Å². The predicted molar refractivity (Wildman–Crippen MR) is 82.1 cm³/mol. The molecule has 1 N–H and O–H groups in total. The summed E-state index contributed by atoms with van der Waals surface area (Å²) in [7, 11) is 0. The summed E-state index contributed by atoms with van der Waals surface area (Å²) in [5.74, 6) is 0.781. The van der Waals surface area contributed by atoms with Gasteiger partial charge in [0.2, 0.25) is 5.91 Å². The number of amides is 1. The van der Waals surface area contributed by atoms with Gasteiger partial charge < -0.3 is 5.32 Å². The maximum Gasteiger partial charge on any atom is 0.225 e. The molecule has 3 nitrogen and oxygen atoms in total. The molecule has 1 aromatic carbocycles. The fourth-order valence-corrected chi connectivity index (χ4v) is 3.16. The van der Waals surface area contributed by atoms with E-state index in [0.717, 1.165) is 22.8 Å². The first-order chi connectivity index (χ1) is 9.65. The SMILES string of the molecule is CCCSC1=C(C#N)[C@H](c2ccc(C)cc2)CC(=O)N1. The van der Waals surface area contributed by atoms with E-state index in [1.807, 2.05) is 31.2 Å². The van der Waals surface area contributed by atoms with E-state index in [0.29, 0.717) is 12.0 Å². The number of rotatable bonds is 4. The van der Waals surface area contributed by atoms with Crippen molar-refractivity contribution in [3.05, 3.63) is 46.0 Å². The standard InChI is InChI=1S/C16H18N2OS/c1-3-8-20-16-14(10-17)13(9-15(19)18-16)12-6-4-11(2)5-7-12/h4-7,13H,3,8-9H2,1-2H3,(H,18,19)/t13-/m0/s1. The third-order valence-corrected chi connectivity index (χ3v) is 4.51. The quantitative estimate of drug-likeness (QED) is 0.922. The first-order valence-corrected chi connectivity index (χ1v) is 7.77. The Bertz CT molecular complexity index is 569. The van der Waals surface area contributed by atoms with E-state index in [9.17, 15) is 10.1 Å². The lowest BCUT2D eigenvalue weighted by Gasteiger charge is -2.25. The number of thioether (sulfide) groups is 1. The number of nitriles is 1. The minimum Gasteiger partial charge on any atom is -0.320 e. The van der Waals surface area contributed by atoms with Gasteiger partial charge >= 0.3 is 0 Å². The molecule has 0 bridgehead atoms. The Kier molecular flexibility index (Phi) is 4.86. The van der Waals surface area contributed by atoms with E-state index >= 15 is 0 Å². The molecule has 20 heavy (non-hydrogen) atoms. The maximum absolute atomic E-state index is 11.9. The second kappa shape index (κ2) is 6.62. The number of hydrogen-bond donors (Lipinski definition) is 1. The third kappa shape index (κ3) is 3.23. The fraction of sp³-hybridized carbons (Fsp3) is 0.375. The molecule has 104 valence electrons. The summed E-state index contributed by atoms with van der Waals surface area (Å²) in [5.41, 5.74) is 2.90. The first-order valence-electron chi connectivity index (χ1n) is 6.79. The van der Waals surface area contributed by atoms with Crippen molar-refractivity contribution in [3.63, 3.8) is 0 Å². The smallest absolute Gasteiger partial charge is 0.225 e. The molecule has 0 saturated heterocycles. The summed E-state index contributed by atoms with van der Waals surface area (Å²) in [5, 5.41) is 13.0. The second-order valence-electron chi connectivity index (χ2n) is 4.92. The molecule has 1 aromatic rings. The molecule has 1 atom stereocenters. The molecule has 1 heterocycles. The molecule has 0 saturated carbocycles. The molecule has 0 aromatic heterocycles. The fourth-order valence-electron chi connectivity index (χ4n) is 2.22. The van der Waals surface area contributed by atoms with Crippen LogP contribution in [0.4, 0.5) is 0 Å². The molecular formula is C16H18N2OS. The van der Waals surface area contributed by atoms with Gasteiger partial charge in [-0.3, -0.25) is 4.79 Å². The van der Waals surface area contributed by atoms with Crippen molar-refractivity contribution in [3.8, 4) is 6.07 Å². The van der Waals surface area contributed by atoms with Crippen LogP contribution in [-0.4, -0.2) is 11.7 Å². The zero-order valence-corrected chi connectivity index (χ0v) is 12.6. The minimum absolute atomic E-state index is 0.00632. The lowest BCUT2D eigenvalue weighted by atomic mass is 9.87. The Morgan fingerprint density at radius 1 is 1.40 bits per heavy atom. The van der Waals surface area contributed by atoms with Gasteiger partial charge in [-0.25, -0.2) is 0 Å². The van der Waals surface area contributed by atoms with Crippen molar-refractivity contribution in [1.82, 2.24) is 5.32 Å². The average molecular weight is 286 g/mol. The number of allylic oxidation sites excluding steroid dienone is 1. The summed E-state index contributed by atoms with van der Waals surface area (Å²) in [6.45, 7) is 4.11. The van der Waals surface area contributed by atoms with Gasteiger partial charge in [-0.05, 0) is 24.7 Å². The average Bonchev–Trinajstić information content (AvgIpc) is 2.45. The van der Waals surface area contributed by atoms with Crippen LogP contribution in [0.15, 0.2) is 34.9 Å². The van der Waals surface area contributed by atoms with Crippen molar-refractivity contribution < 1.29 is 4.79 Å². The number of benzene rings is 1. The van der Waals surface area contributed by atoms with Gasteiger partial charge in [0, 0.05) is 12.3 Å². The lowest BCUT2D eigenvalue weighted by molar-refractivity contribution is -0.120. The van der Waals surface area contributed by atoms with E-state index in [4.69, 9.17) is 0 Å². The molecule has 1 aliphatic rings. The molecule has 0 fully saturated rings. The topological polar surface area (TPSA) is 52.9 Å². The number of nitrogens with zero attached hydrogens (tertiary/aromatic N) is 1. The van der Waals surface area contributed by atoms with Crippen molar-refractivity contribution in [2.75, 3.05) is 5.75 Å². The molecule has 0 radical (unpaired) electrons. The molecule has 0 spiro atoms. The highest BCUT2D eigenvalue weighted by molar-refractivity contribution is 8.03. The van der Waals surface area contributed by atoms with Gasteiger partial charge in [0.25, 0.3) is 0 Å². The van der Waals surface area contributed by atoms with Gasteiger partial charge in [0.1, 0.15) is 0 Å². The zero-order chi connectivity index (χ0) is 14.5. The van der Waals surface area contributed by atoms with Crippen LogP contribution in [0.2, 0.25) is 0 Å². The first kappa shape index (κ1) is 14.7. The van der Waals surface area contributed by atoms with Crippen molar-refractivity contribution in [2.24, 2.45) is 0 Å². The Hall–Kier alpha value is -1.73. The lowest BCUT2D eigenvalue weighted by Crippen LogP contribution is -2.30. The molecule has 1 aliphatic heterocycles. The Morgan fingerprint density at radius 2 is 2.10 bits per heavy atom. The molecule has 0 aliphatic carbocycles. The van der Waals surface area contributed by atoms with Crippen LogP contribution >= 0.6 is 11.8 Å². The summed E-state index contributed by atoms with van der Waals surface area (Å²) in [6.07, 6.45) is 1.36. The Labute approximate surface area is 124 Å². The third-order valence-electron chi connectivity index (χ3n) is 3.29. The molecule has 4 heteroatoms. The summed E-state index contributed by atoms with van der Waals surface area (Å²) < 4.78 is 0. The van der Waals surface area contributed by atoms with E-state index in [1.54, 1.807) is 11.8 Å². The van der Waals surface area contributed by atoms with E-state index in [-0.39, 0.29) is 11.8 Å². The van der Waals surface area contributed by atoms with Gasteiger partial charge in [-0.1, -0.05) is 36.8 Å². The van der Waals surface area contributed by atoms with Crippen LogP contribution in [0.25, 0.3) is 0 Å². The summed E-state index contributed by atoms with van der Waals surface area (Å²) >= 11 is 1.56. The van der Waals surface area contributed by atoms with Gasteiger partial charge in [-0.15, -0.1) is 11.8 Å². The van der Waals surface area contributed by atoms with E-state index in [2.05, 4.69) is 18.3 Å². The van der Waals surface area contributed by atoms with Crippen molar-refractivity contribution >= 4 is 17.7 Å². The highest BCUT2D eigenvalue weighted by Gasteiger charge is 2.29. The van der Waals surface area contributed by atoms with Gasteiger partial charge in [0.05, 0.1) is 16.7 Å². The molecular weight excluding hydrogens is 268 g/mol. The summed E-state index contributed by atoms with van der Waals surface area (Å²) in [6, 6.07) is 10.4. The van der Waals surface area contributed by atoms with E-state index < -0.39 is 0 Å². The number of nitrogens with one attached hydrogen (secondary N) is 1. The molecule has 1 amide bonds. The Morgan fingerprint density at radius 3 is 2.70 bits per heavy atom. The molecule has 0 unspecified atom stereocenters. The van der Waals surface area contributed by atoms with Crippen molar-refractivity contribution in [1.29, 1.82) is 5.26 Å². The maximum atomic E-state index is 11.9. The predicted octanol–water partition coefficient (Wildman–Crippen LogP) is 3.48.